The molecule has 0 saturated carbocycles. The van der Waals surface area contributed by atoms with E-state index in [-0.39, 0.29) is 4.90 Å². The van der Waals surface area contributed by atoms with E-state index in [0.29, 0.717) is 11.3 Å². The molecule has 0 radical (unpaired) electrons. The molecule has 0 aliphatic heterocycles. The summed E-state index contributed by atoms with van der Waals surface area (Å²) in [7, 11) is -2.57. The first-order chi connectivity index (χ1) is 8.27. The lowest BCUT2D eigenvalue weighted by Gasteiger charge is -2.13. The summed E-state index contributed by atoms with van der Waals surface area (Å²) in [4.78, 5) is 11.3. The number of rotatable bonds is 4. The molecule has 0 amide bonds. The van der Waals surface area contributed by atoms with Gasteiger partial charge in [0.25, 0.3) is 0 Å². The number of carbonyl (C=O) groups is 1. The van der Waals surface area contributed by atoms with Crippen LogP contribution in [0.25, 0.3) is 0 Å². The van der Waals surface area contributed by atoms with Crippen LogP contribution in [0.4, 0.5) is 5.69 Å². The number of carbonyl (C=O) groups excluding carboxylic acids is 1. The van der Waals surface area contributed by atoms with Gasteiger partial charge in [0.15, 0.2) is 0 Å². The van der Waals surface area contributed by atoms with Gasteiger partial charge in [0.1, 0.15) is 6.04 Å². The highest BCUT2D eigenvalue weighted by Gasteiger charge is 2.23. The average Bonchev–Trinajstić information content (AvgIpc) is 2.26. The molecule has 0 bridgehead atoms. The van der Waals surface area contributed by atoms with Gasteiger partial charge in [0, 0.05) is 5.69 Å². The fraction of sp³-hybridized carbons (Fsp3) is 0.364. The van der Waals surface area contributed by atoms with E-state index in [9.17, 15) is 13.2 Å². The fourth-order valence-electron chi connectivity index (χ4n) is 1.50. The fourth-order valence-corrected chi connectivity index (χ4v) is 2.91. The molecule has 1 atom stereocenters. The van der Waals surface area contributed by atoms with Crippen LogP contribution in [0.15, 0.2) is 23.1 Å². The second kappa shape index (κ2) is 5.36. The quantitative estimate of drug-likeness (QED) is 0.611. The summed E-state index contributed by atoms with van der Waals surface area (Å²) in [6.07, 6.45) is 0. The molecule has 0 aromatic heterocycles. The standard InChI is InChI=1S/C11H16N2O4S/c1-7-6-9(12)4-5-10(7)18(15,16)13-8(2)11(14)17-3/h4-6,8,13H,12H2,1-3H3. The van der Waals surface area contributed by atoms with Crippen LogP contribution < -0.4 is 10.5 Å². The van der Waals surface area contributed by atoms with Crippen molar-refractivity contribution < 1.29 is 17.9 Å². The van der Waals surface area contributed by atoms with Crippen LogP contribution in [0, 0.1) is 6.92 Å². The van der Waals surface area contributed by atoms with Crippen LogP contribution in [0.3, 0.4) is 0 Å². The van der Waals surface area contributed by atoms with E-state index in [0.717, 1.165) is 0 Å². The van der Waals surface area contributed by atoms with Gasteiger partial charge in [-0.25, -0.2) is 8.42 Å². The van der Waals surface area contributed by atoms with E-state index < -0.39 is 22.0 Å². The molecule has 3 N–H and O–H groups in total. The summed E-state index contributed by atoms with van der Waals surface area (Å²) < 4.78 is 30.8. The lowest BCUT2D eigenvalue weighted by Crippen LogP contribution is -2.39. The van der Waals surface area contributed by atoms with Gasteiger partial charge in [-0.3, -0.25) is 4.79 Å². The molecule has 1 aromatic carbocycles. The molecule has 0 saturated heterocycles. The lowest BCUT2D eigenvalue weighted by molar-refractivity contribution is -0.142. The third kappa shape index (κ3) is 3.21. The zero-order valence-corrected chi connectivity index (χ0v) is 11.2. The number of nitrogen functional groups attached to an aromatic ring is 1. The van der Waals surface area contributed by atoms with Crippen molar-refractivity contribution in [2.45, 2.75) is 24.8 Å². The molecule has 1 unspecified atom stereocenters. The monoisotopic (exact) mass is 272 g/mol. The van der Waals surface area contributed by atoms with Gasteiger partial charge in [0.2, 0.25) is 10.0 Å². The Hall–Kier alpha value is -1.60. The first kappa shape index (κ1) is 14.5. The van der Waals surface area contributed by atoms with Crippen LogP contribution >= 0.6 is 0 Å². The molecule has 0 aliphatic carbocycles. The minimum Gasteiger partial charge on any atom is -0.468 e. The van der Waals surface area contributed by atoms with E-state index in [2.05, 4.69) is 9.46 Å². The number of ether oxygens (including phenoxy) is 1. The van der Waals surface area contributed by atoms with Gasteiger partial charge in [-0.05, 0) is 37.6 Å². The molecule has 7 heteroatoms. The third-order valence-electron chi connectivity index (χ3n) is 2.38. The Balaban J connectivity index is 3.04. The highest BCUT2D eigenvalue weighted by molar-refractivity contribution is 7.89. The summed E-state index contributed by atoms with van der Waals surface area (Å²) in [5.41, 5.74) is 6.55. The number of methoxy groups -OCH3 is 1. The van der Waals surface area contributed by atoms with Crippen molar-refractivity contribution >= 4 is 21.7 Å². The predicted molar refractivity (Wildman–Crippen MR) is 67.4 cm³/mol. The number of esters is 1. The summed E-state index contributed by atoms with van der Waals surface area (Å²) in [5.74, 6) is -0.647. The first-order valence-corrected chi connectivity index (χ1v) is 6.72. The number of hydrogen-bond donors (Lipinski definition) is 2. The molecule has 0 fully saturated rings. The molecular weight excluding hydrogens is 256 g/mol. The third-order valence-corrected chi connectivity index (χ3v) is 4.08. The minimum absolute atomic E-state index is 0.0902. The Morgan fingerprint density at radius 1 is 1.44 bits per heavy atom. The van der Waals surface area contributed by atoms with Crippen molar-refractivity contribution in [3.8, 4) is 0 Å². The molecule has 1 rings (SSSR count). The van der Waals surface area contributed by atoms with Crippen LogP contribution in [0.5, 0.6) is 0 Å². The van der Waals surface area contributed by atoms with E-state index in [1.165, 1.54) is 26.2 Å². The zero-order chi connectivity index (χ0) is 13.9. The molecule has 6 nitrogen and oxygen atoms in total. The second-order valence-corrected chi connectivity index (χ2v) is 5.57. The smallest absolute Gasteiger partial charge is 0.323 e. The van der Waals surface area contributed by atoms with Crippen LogP contribution in [-0.2, 0) is 19.6 Å². The summed E-state index contributed by atoms with van der Waals surface area (Å²) >= 11 is 0. The Bertz CT molecular complexity index is 554. The van der Waals surface area contributed by atoms with Crippen molar-refractivity contribution in [1.29, 1.82) is 0 Å². The normalized spacial score (nSPS) is 13.1. The number of sulfonamides is 1. The predicted octanol–water partition coefficient (Wildman–Crippen LogP) is 0.417. The SMILES string of the molecule is COC(=O)C(C)NS(=O)(=O)c1ccc(N)cc1C. The highest BCUT2D eigenvalue weighted by Crippen LogP contribution is 2.18. The molecule has 100 valence electrons. The number of nitrogens with two attached hydrogens (primary N) is 1. The number of anilines is 1. The van der Waals surface area contributed by atoms with Gasteiger partial charge >= 0.3 is 5.97 Å². The average molecular weight is 272 g/mol. The molecule has 0 heterocycles. The Morgan fingerprint density at radius 2 is 2.06 bits per heavy atom. The molecule has 1 aromatic rings. The van der Waals surface area contributed by atoms with Crippen molar-refractivity contribution in [2.24, 2.45) is 0 Å². The maximum atomic E-state index is 12.0. The number of benzene rings is 1. The Labute approximate surface area is 106 Å². The number of nitrogens with one attached hydrogen (secondary N) is 1. The van der Waals surface area contributed by atoms with Gasteiger partial charge in [-0.2, -0.15) is 4.72 Å². The maximum absolute atomic E-state index is 12.0. The second-order valence-electron chi connectivity index (χ2n) is 3.89. The van der Waals surface area contributed by atoms with E-state index >= 15 is 0 Å². The lowest BCUT2D eigenvalue weighted by atomic mass is 10.2. The Morgan fingerprint density at radius 3 is 2.56 bits per heavy atom. The van der Waals surface area contributed by atoms with Crippen LogP contribution in [-0.4, -0.2) is 27.5 Å². The summed E-state index contributed by atoms with van der Waals surface area (Å²) in [6.45, 7) is 3.05. The number of aryl methyl sites for hydroxylation is 1. The largest absolute Gasteiger partial charge is 0.468 e. The summed E-state index contributed by atoms with van der Waals surface area (Å²) in [6, 6.07) is 3.50. The minimum atomic E-state index is -3.77. The highest BCUT2D eigenvalue weighted by atomic mass is 32.2. The van der Waals surface area contributed by atoms with Gasteiger partial charge < -0.3 is 10.5 Å². The van der Waals surface area contributed by atoms with Crippen molar-refractivity contribution in [1.82, 2.24) is 4.72 Å². The van der Waals surface area contributed by atoms with Crippen LogP contribution in [0.1, 0.15) is 12.5 Å². The van der Waals surface area contributed by atoms with Gasteiger partial charge in [-0.15, -0.1) is 0 Å². The van der Waals surface area contributed by atoms with E-state index in [1.807, 2.05) is 0 Å². The molecular formula is C11H16N2O4S. The van der Waals surface area contributed by atoms with Crippen molar-refractivity contribution in [3.05, 3.63) is 23.8 Å². The van der Waals surface area contributed by atoms with Crippen LogP contribution in [0.2, 0.25) is 0 Å². The molecule has 18 heavy (non-hydrogen) atoms. The van der Waals surface area contributed by atoms with Gasteiger partial charge in [0.05, 0.1) is 12.0 Å². The maximum Gasteiger partial charge on any atom is 0.323 e. The molecule has 0 spiro atoms. The molecule has 0 aliphatic rings. The van der Waals surface area contributed by atoms with Gasteiger partial charge in [-0.1, -0.05) is 0 Å². The van der Waals surface area contributed by atoms with E-state index in [4.69, 9.17) is 5.73 Å². The zero-order valence-electron chi connectivity index (χ0n) is 10.4. The van der Waals surface area contributed by atoms with Crippen molar-refractivity contribution in [2.75, 3.05) is 12.8 Å². The Kier molecular flexibility index (Phi) is 4.31. The first-order valence-electron chi connectivity index (χ1n) is 5.24. The number of hydrogen-bond acceptors (Lipinski definition) is 5. The topological polar surface area (TPSA) is 98.5 Å². The summed E-state index contributed by atoms with van der Waals surface area (Å²) in [5, 5.41) is 0. The van der Waals surface area contributed by atoms with E-state index in [1.54, 1.807) is 13.0 Å². The van der Waals surface area contributed by atoms with Crippen molar-refractivity contribution in [3.63, 3.8) is 0 Å².